The number of unbranched alkanes of at least 4 members (excludes halogenated alkanes) is 60. The van der Waals surface area contributed by atoms with Gasteiger partial charge in [0.05, 0.1) is 38.6 Å². The first-order chi connectivity index (χ1) is 52.8. The number of carbonyl (C=O) groups is 1. The highest BCUT2D eigenvalue weighted by atomic mass is 16.8. The standard InChI is InChI=1S/C89H171NO18/c1-3-5-7-9-11-13-15-17-19-21-23-25-27-29-31-33-35-36-37-38-40-42-44-46-48-50-52-54-56-58-60-62-64-66-73(94)72(90-77(95)67-65-63-61-59-57-55-53-51-49-47-45-43-41-39-34-32-30-28-26-24-22-20-18-16-14-12-10-8-6-4-2)71-103-87-83(101)80(98)85(75(69-92)105-87)108-89-84(102)81(99)86(76(70-93)106-89)107-88-82(100)79(97)78(96)74(68-91)104-88/h64,66,72-76,78-89,91-94,96-102H,3-63,65,67-71H2,1-2H3,(H,90,95)/b66-64+. The summed E-state index contributed by atoms with van der Waals surface area (Å²) in [6.45, 7) is 1.82. The van der Waals surface area contributed by atoms with Crippen molar-refractivity contribution in [2.45, 2.75) is 523 Å². The number of allylic oxidation sites excluding steroid dienone is 1. The summed E-state index contributed by atoms with van der Waals surface area (Å²) in [6, 6.07) is -0.971. The predicted octanol–water partition coefficient (Wildman–Crippen LogP) is 17.5. The fourth-order valence-electron chi connectivity index (χ4n) is 16.0. The van der Waals surface area contributed by atoms with Gasteiger partial charge in [0.1, 0.15) is 73.2 Å². The van der Waals surface area contributed by atoms with Crippen molar-refractivity contribution in [3.8, 4) is 0 Å². The minimum Gasteiger partial charge on any atom is -0.394 e. The highest BCUT2D eigenvalue weighted by Gasteiger charge is 2.54. The van der Waals surface area contributed by atoms with Crippen LogP contribution < -0.4 is 5.32 Å². The molecule has 17 atom stereocenters. The maximum Gasteiger partial charge on any atom is 0.220 e. The number of amides is 1. The van der Waals surface area contributed by atoms with Gasteiger partial charge in [0.25, 0.3) is 0 Å². The van der Waals surface area contributed by atoms with Crippen LogP contribution in [0.5, 0.6) is 0 Å². The lowest BCUT2D eigenvalue weighted by atomic mass is 9.96. The van der Waals surface area contributed by atoms with Crippen molar-refractivity contribution in [1.29, 1.82) is 0 Å². The summed E-state index contributed by atoms with van der Waals surface area (Å²) in [7, 11) is 0. The maximum atomic E-state index is 13.5. The average molecular weight is 1540 g/mol. The van der Waals surface area contributed by atoms with Crippen LogP contribution in [-0.4, -0.2) is 193 Å². The normalized spacial score (nSPS) is 25.4. The molecule has 1 amide bonds. The first-order valence-corrected chi connectivity index (χ1v) is 45.9. The Morgan fingerprint density at radius 1 is 0.324 bits per heavy atom. The molecule has 0 aromatic carbocycles. The quantitative estimate of drug-likeness (QED) is 0.0199. The van der Waals surface area contributed by atoms with Gasteiger partial charge in [-0.15, -0.1) is 0 Å². The third-order valence-corrected chi connectivity index (χ3v) is 23.3. The zero-order chi connectivity index (χ0) is 78.1. The lowest BCUT2D eigenvalue weighted by Crippen LogP contribution is -2.66. The molecule has 3 heterocycles. The Bertz CT molecular complexity index is 1990. The van der Waals surface area contributed by atoms with Gasteiger partial charge in [-0.2, -0.15) is 0 Å². The zero-order valence-corrected chi connectivity index (χ0v) is 69.1. The average Bonchev–Trinajstić information content (AvgIpc) is 0.780. The fourth-order valence-corrected chi connectivity index (χ4v) is 16.0. The molecular weight excluding hydrogens is 1370 g/mol. The molecule has 3 saturated heterocycles. The van der Waals surface area contributed by atoms with Crippen molar-refractivity contribution in [1.82, 2.24) is 5.32 Å². The molecule has 3 rings (SSSR count). The molecule has 640 valence electrons. The maximum absolute atomic E-state index is 13.5. The molecule has 3 aliphatic heterocycles. The molecule has 0 saturated carbocycles. The Morgan fingerprint density at radius 2 is 0.574 bits per heavy atom. The van der Waals surface area contributed by atoms with Gasteiger partial charge in [0.15, 0.2) is 18.9 Å². The third kappa shape index (κ3) is 48.2. The Kier molecular flexibility index (Phi) is 65.1. The van der Waals surface area contributed by atoms with Crippen LogP contribution in [0.3, 0.4) is 0 Å². The summed E-state index contributed by atoms with van der Waals surface area (Å²) in [5, 5.41) is 121. The van der Waals surface area contributed by atoms with E-state index in [1.807, 2.05) is 6.08 Å². The van der Waals surface area contributed by atoms with E-state index >= 15 is 0 Å². The number of hydrogen-bond donors (Lipinski definition) is 12. The second-order valence-corrected chi connectivity index (χ2v) is 33.1. The number of aliphatic hydroxyl groups excluding tert-OH is 11. The van der Waals surface area contributed by atoms with E-state index in [1.54, 1.807) is 6.08 Å². The Balaban J connectivity index is 1.32. The van der Waals surface area contributed by atoms with E-state index in [4.69, 9.17) is 28.4 Å². The third-order valence-electron chi connectivity index (χ3n) is 23.3. The molecular formula is C89H171NO18. The van der Waals surface area contributed by atoms with E-state index in [1.165, 1.54) is 347 Å². The highest BCUT2D eigenvalue weighted by Crippen LogP contribution is 2.34. The van der Waals surface area contributed by atoms with Gasteiger partial charge in [0.2, 0.25) is 5.91 Å². The SMILES string of the molecule is CCCCCCCCCCCCCCCCCCCCCCCCCCCCCCCCC/C=C/C(O)C(COC1OC(CO)C(OC2OC(CO)C(OC3OC(CO)C(O)C(O)C3O)C(O)C2O)C(O)C1O)NC(=O)CCCCCCCCCCCCCCCCCCCCCCCCCCCCCCCC. The van der Waals surface area contributed by atoms with E-state index in [0.29, 0.717) is 6.42 Å². The van der Waals surface area contributed by atoms with Gasteiger partial charge >= 0.3 is 0 Å². The molecule has 19 heteroatoms. The largest absolute Gasteiger partial charge is 0.394 e. The van der Waals surface area contributed by atoms with Crippen LogP contribution in [0.2, 0.25) is 0 Å². The molecule has 0 aromatic rings. The Morgan fingerprint density at radius 3 is 0.870 bits per heavy atom. The van der Waals surface area contributed by atoms with E-state index in [-0.39, 0.29) is 18.9 Å². The number of nitrogens with one attached hydrogen (secondary N) is 1. The molecule has 0 radical (unpaired) electrons. The van der Waals surface area contributed by atoms with Gasteiger partial charge < -0.3 is 89.9 Å². The molecule has 0 aliphatic carbocycles. The molecule has 3 fully saturated rings. The molecule has 3 aliphatic rings. The van der Waals surface area contributed by atoms with Crippen molar-refractivity contribution in [3.63, 3.8) is 0 Å². The van der Waals surface area contributed by atoms with Gasteiger partial charge in [-0.3, -0.25) is 4.79 Å². The van der Waals surface area contributed by atoms with Crippen LogP contribution in [0.4, 0.5) is 0 Å². The van der Waals surface area contributed by atoms with Crippen LogP contribution in [-0.2, 0) is 33.2 Å². The zero-order valence-electron chi connectivity index (χ0n) is 69.1. The lowest BCUT2D eigenvalue weighted by Gasteiger charge is -2.48. The molecule has 0 aromatic heterocycles. The second kappa shape index (κ2) is 69.8. The minimum atomic E-state index is -1.98. The first kappa shape index (κ1) is 101. The van der Waals surface area contributed by atoms with Crippen molar-refractivity contribution in [2.75, 3.05) is 26.4 Å². The second-order valence-electron chi connectivity index (χ2n) is 33.1. The number of carbonyl (C=O) groups excluding carboxylic acids is 1. The first-order valence-electron chi connectivity index (χ1n) is 45.9. The molecule has 108 heavy (non-hydrogen) atoms. The summed E-state index contributed by atoms with van der Waals surface area (Å²) in [4.78, 5) is 13.5. The smallest absolute Gasteiger partial charge is 0.220 e. The Labute approximate surface area is 658 Å². The van der Waals surface area contributed by atoms with E-state index in [0.717, 1.165) is 44.9 Å². The molecule has 19 nitrogen and oxygen atoms in total. The van der Waals surface area contributed by atoms with Gasteiger partial charge in [-0.1, -0.05) is 405 Å². The van der Waals surface area contributed by atoms with Crippen molar-refractivity contribution in [3.05, 3.63) is 12.2 Å². The van der Waals surface area contributed by atoms with Crippen molar-refractivity contribution >= 4 is 5.91 Å². The minimum absolute atomic E-state index is 0.251. The van der Waals surface area contributed by atoms with Crippen molar-refractivity contribution < 1.29 is 89.4 Å². The van der Waals surface area contributed by atoms with Gasteiger partial charge in [-0.05, 0) is 19.3 Å². The molecule has 17 unspecified atom stereocenters. The molecule has 0 spiro atoms. The van der Waals surface area contributed by atoms with E-state index in [9.17, 15) is 61.0 Å². The van der Waals surface area contributed by atoms with Crippen LogP contribution >= 0.6 is 0 Å². The number of rotatable bonds is 76. The number of aliphatic hydroxyl groups is 11. The van der Waals surface area contributed by atoms with E-state index < -0.39 is 124 Å². The monoisotopic (exact) mass is 1540 g/mol. The summed E-state index contributed by atoms with van der Waals surface area (Å²) in [5.41, 5.74) is 0. The Hall–Kier alpha value is -1.47. The van der Waals surface area contributed by atoms with Crippen LogP contribution in [0.25, 0.3) is 0 Å². The fraction of sp³-hybridized carbons (Fsp3) is 0.966. The molecule has 0 bridgehead atoms. The van der Waals surface area contributed by atoms with Crippen LogP contribution in [0.15, 0.2) is 12.2 Å². The van der Waals surface area contributed by atoms with E-state index in [2.05, 4.69) is 19.2 Å². The summed E-state index contributed by atoms with van der Waals surface area (Å²) in [5.74, 6) is -0.264. The van der Waals surface area contributed by atoms with Gasteiger partial charge in [-0.25, -0.2) is 0 Å². The van der Waals surface area contributed by atoms with Crippen molar-refractivity contribution in [2.24, 2.45) is 0 Å². The predicted molar refractivity (Wildman–Crippen MR) is 434 cm³/mol. The summed E-state index contributed by atoms with van der Waals surface area (Å²) in [6.07, 6.45) is 59.5. The number of hydrogen-bond acceptors (Lipinski definition) is 18. The highest BCUT2D eigenvalue weighted by molar-refractivity contribution is 5.76. The summed E-state index contributed by atoms with van der Waals surface area (Å²) >= 11 is 0. The summed E-state index contributed by atoms with van der Waals surface area (Å²) < 4.78 is 34.5. The number of ether oxygens (including phenoxy) is 6. The topological polar surface area (TPSA) is 307 Å². The van der Waals surface area contributed by atoms with Crippen LogP contribution in [0, 0.1) is 0 Å². The van der Waals surface area contributed by atoms with Gasteiger partial charge in [0, 0.05) is 6.42 Å². The lowest BCUT2D eigenvalue weighted by molar-refractivity contribution is -0.379. The van der Waals surface area contributed by atoms with Crippen LogP contribution in [0.1, 0.15) is 418 Å². The molecule has 12 N–H and O–H groups in total.